The predicted molar refractivity (Wildman–Crippen MR) is 149 cm³/mol. The summed E-state index contributed by atoms with van der Waals surface area (Å²) in [6.07, 6.45) is 12.0. The van der Waals surface area contributed by atoms with E-state index in [4.69, 9.17) is 4.74 Å². The largest absolute Gasteiger partial charge is 0.496 e. The molecule has 1 aliphatic carbocycles. The van der Waals surface area contributed by atoms with Gasteiger partial charge in [0.25, 0.3) is 5.56 Å². The van der Waals surface area contributed by atoms with Crippen LogP contribution < -0.4 is 16.0 Å². The summed E-state index contributed by atoms with van der Waals surface area (Å²) in [5.74, 6) is 0.694. The Hall–Kier alpha value is -3.43. The molecular weight excluding hydrogens is 490 g/mol. The lowest BCUT2D eigenvalue weighted by Gasteiger charge is -2.26. The van der Waals surface area contributed by atoms with Gasteiger partial charge in [0.15, 0.2) is 0 Å². The van der Waals surface area contributed by atoms with Crippen LogP contribution in [0.4, 0.5) is 0 Å². The van der Waals surface area contributed by atoms with Gasteiger partial charge in [-0.25, -0.2) is 17.5 Å². The lowest BCUT2D eigenvalue weighted by Crippen LogP contribution is -2.28. The normalized spacial score (nSPS) is 17.3. The third-order valence-corrected chi connectivity index (χ3v) is 7.52. The van der Waals surface area contributed by atoms with E-state index in [-0.39, 0.29) is 12.0 Å². The average molecular weight is 526 g/mol. The van der Waals surface area contributed by atoms with E-state index in [1.165, 1.54) is 27.4 Å². The number of likely N-dealkylation sites (N-methyl/N-ethyl adjacent to an activating group) is 1. The number of methoxy groups -OCH3 is 1. The Labute approximate surface area is 218 Å². The topological polar surface area (TPSA) is 101 Å². The fourth-order valence-corrected chi connectivity index (χ4v) is 4.45. The standard InChI is InChI=1S/C28H35N3O5S/c1-19-12-13-20(10-8-9-11-21(19)18-30(5)37(7,34)35)23-16-22(31-15-14-25(32)29-27(31)33)17-24(26(23)36-6)28(2,3)4/h10-17H,1,8-9,18H2,2-7H3,(H,29,32,33)/b13-12-,20-10+,21-11?. The van der Waals surface area contributed by atoms with Crippen LogP contribution in [0.5, 0.6) is 5.75 Å². The lowest BCUT2D eigenvalue weighted by molar-refractivity contribution is 0.396. The molecule has 0 spiro atoms. The Balaban J connectivity index is 2.15. The van der Waals surface area contributed by atoms with Gasteiger partial charge in [-0.15, -0.1) is 0 Å². The van der Waals surface area contributed by atoms with E-state index in [9.17, 15) is 18.0 Å². The Kier molecular flexibility index (Phi) is 8.29. The second kappa shape index (κ2) is 10.9. The van der Waals surface area contributed by atoms with Crippen LogP contribution in [0, 0.1) is 0 Å². The summed E-state index contributed by atoms with van der Waals surface area (Å²) in [4.78, 5) is 26.6. The molecular formula is C28H35N3O5S. The zero-order valence-corrected chi connectivity index (χ0v) is 23.1. The third kappa shape index (κ3) is 6.67. The van der Waals surface area contributed by atoms with E-state index in [1.807, 2.05) is 30.4 Å². The molecule has 1 N–H and O–H groups in total. The van der Waals surface area contributed by atoms with Crippen LogP contribution >= 0.6 is 0 Å². The number of allylic oxidation sites excluding steroid dienone is 5. The molecule has 0 unspecified atom stereocenters. The molecule has 198 valence electrons. The molecule has 0 saturated carbocycles. The molecule has 0 atom stereocenters. The van der Waals surface area contributed by atoms with Crippen LogP contribution in [-0.4, -0.2) is 49.2 Å². The highest BCUT2D eigenvalue weighted by molar-refractivity contribution is 7.88. The smallest absolute Gasteiger partial charge is 0.332 e. The molecule has 0 radical (unpaired) electrons. The van der Waals surface area contributed by atoms with Gasteiger partial charge in [0.2, 0.25) is 10.0 Å². The Bertz CT molecular complexity index is 1520. The fraction of sp³-hybridized carbons (Fsp3) is 0.357. The Morgan fingerprint density at radius 1 is 1.14 bits per heavy atom. The quantitative estimate of drug-likeness (QED) is 0.616. The maximum Gasteiger partial charge on any atom is 0.332 e. The molecule has 3 rings (SSSR count). The first-order valence-corrected chi connectivity index (χ1v) is 13.8. The van der Waals surface area contributed by atoms with Crippen LogP contribution in [0.25, 0.3) is 11.3 Å². The summed E-state index contributed by atoms with van der Waals surface area (Å²) in [6, 6.07) is 5.09. The first-order valence-electron chi connectivity index (χ1n) is 12.0. The fourth-order valence-electron chi connectivity index (χ4n) is 4.08. The molecule has 1 heterocycles. The molecule has 1 aromatic carbocycles. The molecule has 2 aromatic rings. The van der Waals surface area contributed by atoms with Crippen molar-refractivity contribution in [1.29, 1.82) is 0 Å². The van der Waals surface area contributed by atoms with Crippen molar-refractivity contribution >= 4 is 15.6 Å². The number of aromatic amines is 1. The summed E-state index contributed by atoms with van der Waals surface area (Å²) in [5, 5.41) is 0. The van der Waals surface area contributed by atoms with Crippen LogP contribution in [0.2, 0.25) is 0 Å². The van der Waals surface area contributed by atoms with Gasteiger partial charge in [-0.2, -0.15) is 0 Å². The number of nitrogens with one attached hydrogen (secondary N) is 1. The maximum atomic E-state index is 12.6. The highest BCUT2D eigenvalue weighted by Gasteiger charge is 2.24. The maximum absolute atomic E-state index is 12.6. The number of H-pyrrole nitrogens is 1. The number of aromatic nitrogens is 2. The number of hydrogen-bond donors (Lipinski definition) is 1. The van der Waals surface area contributed by atoms with E-state index >= 15 is 0 Å². The van der Waals surface area contributed by atoms with Gasteiger partial charge >= 0.3 is 5.69 Å². The average Bonchev–Trinajstić information content (AvgIpc) is 2.88. The monoisotopic (exact) mass is 525 g/mol. The summed E-state index contributed by atoms with van der Waals surface area (Å²) in [5.41, 5.74) is 3.44. The Morgan fingerprint density at radius 3 is 2.41 bits per heavy atom. The molecule has 1 aliphatic rings. The van der Waals surface area contributed by atoms with Crippen molar-refractivity contribution in [2.24, 2.45) is 0 Å². The molecule has 0 saturated heterocycles. The van der Waals surface area contributed by atoms with Crippen molar-refractivity contribution in [3.63, 3.8) is 0 Å². The minimum atomic E-state index is -3.33. The summed E-state index contributed by atoms with van der Waals surface area (Å²) in [7, 11) is -0.155. The molecule has 9 heteroatoms. The van der Waals surface area contributed by atoms with Crippen LogP contribution in [0.3, 0.4) is 0 Å². The van der Waals surface area contributed by atoms with E-state index in [0.717, 1.165) is 22.3 Å². The van der Waals surface area contributed by atoms with Gasteiger partial charge < -0.3 is 4.74 Å². The zero-order chi connectivity index (χ0) is 27.5. The number of hydrogen-bond acceptors (Lipinski definition) is 5. The van der Waals surface area contributed by atoms with Crippen molar-refractivity contribution in [3.05, 3.63) is 98.4 Å². The molecule has 37 heavy (non-hydrogen) atoms. The lowest BCUT2D eigenvalue weighted by atomic mass is 9.83. The summed E-state index contributed by atoms with van der Waals surface area (Å²) >= 11 is 0. The molecule has 0 amide bonds. The molecule has 1 aromatic heterocycles. The summed E-state index contributed by atoms with van der Waals surface area (Å²) in [6.45, 7) is 10.6. The van der Waals surface area contributed by atoms with Crippen molar-refractivity contribution in [3.8, 4) is 11.4 Å². The number of benzene rings is 1. The highest BCUT2D eigenvalue weighted by Crippen LogP contribution is 2.40. The molecule has 0 fully saturated rings. The first kappa shape index (κ1) is 28.1. The van der Waals surface area contributed by atoms with E-state index in [0.29, 0.717) is 29.9 Å². The van der Waals surface area contributed by atoms with E-state index < -0.39 is 21.3 Å². The minimum Gasteiger partial charge on any atom is -0.496 e. The number of sulfonamides is 1. The summed E-state index contributed by atoms with van der Waals surface area (Å²) < 4.78 is 32.5. The van der Waals surface area contributed by atoms with E-state index in [1.54, 1.807) is 14.2 Å². The van der Waals surface area contributed by atoms with Crippen LogP contribution in [-0.2, 0) is 15.4 Å². The second-order valence-electron chi connectivity index (χ2n) is 10.1. The van der Waals surface area contributed by atoms with Crippen molar-refractivity contribution in [1.82, 2.24) is 13.9 Å². The van der Waals surface area contributed by atoms with E-state index in [2.05, 4.69) is 38.4 Å². The highest BCUT2D eigenvalue weighted by atomic mass is 32.2. The van der Waals surface area contributed by atoms with Crippen LogP contribution in [0.15, 0.2) is 76.0 Å². The van der Waals surface area contributed by atoms with Crippen molar-refractivity contribution < 1.29 is 13.2 Å². The minimum absolute atomic E-state index is 0.236. The van der Waals surface area contributed by atoms with Crippen LogP contribution in [0.1, 0.15) is 44.7 Å². The molecule has 8 nitrogen and oxygen atoms in total. The molecule has 0 bridgehead atoms. The van der Waals surface area contributed by atoms with Gasteiger partial charge in [-0.05, 0) is 47.1 Å². The second-order valence-corrected chi connectivity index (χ2v) is 12.2. The molecule has 0 aliphatic heterocycles. The zero-order valence-electron chi connectivity index (χ0n) is 22.3. The van der Waals surface area contributed by atoms with Crippen molar-refractivity contribution in [2.45, 2.75) is 39.0 Å². The number of rotatable bonds is 6. The van der Waals surface area contributed by atoms with Gasteiger partial charge in [-0.1, -0.05) is 51.7 Å². The number of ether oxygens (including phenoxy) is 1. The van der Waals surface area contributed by atoms with Gasteiger partial charge in [-0.3, -0.25) is 14.3 Å². The van der Waals surface area contributed by atoms with Crippen molar-refractivity contribution in [2.75, 3.05) is 27.0 Å². The predicted octanol–water partition coefficient (Wildman–Crippen LogP) is 3.94. The van der Waals surface area contributed by atoms with Gasteiger partial charge in [0, 0.05) is 37.0 Å². The SMILES string of the molecule is C=C1/C=C\C(c2cc(-n3ccc(=O)[nH]c3=O)cc(C(C)(C)C)c2OC)=C/CCC=C1CN(C)S(C)(=O)=O. The Morgan fingerprint density at radius 2 is 1.81 bits per heavy atom. The first-order chi connectivity index (χ1) is 17.2. The number of nitrogens with zero attached hydrogens (tertiary/aromatic N) is 2. The van der Waals surface area contributed by atoms with Gasteiger partial charge in [0.05, 0.1) is 19.1 Å². The van der Waals surface area contributed by atoms with Gasteiger partial charge in [0.1, 0.15) is 5.75 Å². The third-order valence-electron chi connectivity index (χ3n) is 6.26.